The Labute approximate surface area is 172 Å². The van der Waals surface area contributed by atoms with Gasteiger partial charge in [-0.15, -0.1) is 24.0 Å². The highest BCUT2D eigenvalue weighted by atomic mass is 127. The summed E-state index contributed by atoms with van der Waals surface area (Å²) in [7, 11) is 3.47. The normalized spacial score (nSPS) is 10.8. The number of rotatable bonds is 9. The molecule has 0 bridgehead atoms. The van der Waals surface area contributed by atoms with Crippen molar-refractivity contribution in [3.8, 4) is 5.75 Å². The fourth-order valence-electron chi connectivity index (χ4n) is 2.17. The van der Waals surface area contributed by atoms with Gasteiger partial charge in [0.15, 0.2) is 5.96 Å². The van der Waals surface area contributed by atoms with E-state index in [0.717, 1.165) is 42.5 Å². The quantitative estimate of drug-likeness (QED) is 0.255. The van der Waals surface area contributed by atoms with Gasteiger partial charge in [-0.3, -0.25) is 9.98 Å². The van der Waals surface area contributed by atoms with Crippen LogP contribution in [0.4, 0.5) is 0 Å². The van der Waals surface area contributed by atoms with E-state index in [1.807, 2.05) is 42.5 Å². The molecule has 2 N–H and O–H groups in total. The summed E-state index contributed by atoms with van der Waals surface area (Å²) in [5.74, 6) is 1.61. The maximum absolute atomic E-state index is 5.74. The molecular formula is C19H27IN4O2. The van der Waals surface area contributed by atoms with Crippen LogP contribution in [0.5, 0.6) is 5.75 Å². The number of nitrogens with zero attached hydrogens (tertiary/aromatic N) is 2. The Balaban J connectivity index is 0.00000338. The molecule has 0 spiro atoms. The highest BCUT2D eigenvalue weighted by molar-refractivity contribution is 14.0. The number of nitrogens with one attached hydrogen (secondary N) is 2. The second-order valence-electron chi connectivity index (χ2n) is 5.45. The van der Waals surface area contributed by atoms with Crippen LogP contribution in [-0.4, -0.2) is 38.3 Å². The van der Waals surface area contributed by atoms with Crippen molar-refractivity contribution in [1.29, 1.82) is 0 Å². The van der Waals surface area contributed by atoms with E-state index in [0.29, 0.717) is 13.2 Å². The van der Waals surface area contributed by atoms with E-state index in [1.54, 1.807) is 20.4 Å². The Hall–Kier alpha value is -1.87. The van der Waals surface area contributed by atoms with Crippen molar-refractivity contribution in [3.63, 3.8) is 0 Å². The first-order chi connectivity index (χ1) is 12.3. The first-order valence-corrected chi connectivity index (χ1v) is 8.37. The lowest BCUT2D eigenvalue weighted by atomic mass is 10.2. The summed E-state index contributed by atoms with van der Waals surface area (Å²) in [4.78, 5) is 8.45. The molecule has 0 atom stereocenters. The molecule has 1 heterocycles. The van der Waals surface area contributed by atoms with Crippen LogP contribution in [0.25, 0.3) is 0 Å². The predicted octanol–water partition coefficient (Wildman–Crippen LogP) is 2.98. The van der Waals surface area contributed by atoms with Crippen molar-refractivity contribution in [2.24, 2.45) is 4.99 Å². The highest BCUT2D eigenvalue weighted by Crippen LogP contribution is 2.13. The van der Waals surface area contributed by atoms with Crippen LogP contribution in [0, 0.1) is 0 Å². The third-order valence-electron chi connectivity index (χ3n) is 3.54. The van der Waals surface area contributed by atoms with Crippen LogP contribution in [0.15, 0.2) is 53.7 Å². The SMILES string of the molecule is CN=C(NCCCOC)NCc1ccc(OCc2ccccn2)cc1.I. The number of hydrogen-bond acceptors (Lipinski definition) is 4. The number of halogens is 1. The van der Waals surface area contributed by atoms with Gasteiger partial charge in [-0.1, -0.05) is 18.2 Å². The number of benzene rings is 1. The molecule has 0 aliphatic carbocycles. The molecule has 2 aromatic rings. The topological polar surface area (TPSA) is 67.8 Å². The number of methoxy groups -OCH3 is 1. The molecule has 1 aromatic carbocycles. The van der Waals surface area contributed by atoms with Gasteiger partial charge in [-0.25, -0.2) is 0 Å². The maximum Gasteiger partial charge on any atom is 0.191 e. The van der Waals surface area contributed by atoms with Gasteiger partial charge in [-0.05, 0) is 36.2 Å². The number of aromatic nitrogens is 1. The van der Waals surface area contributed by atoms with Crippen LogP contribution in [0.2, 0.25) is 0 Å². The van der Waals surface area contributed by atoms with Gasteiger partial charge in [0.2, 0.25) is 0 Å². The summed E-state index contributed by atoms with van der Waals surface area (Å²) in [5.41, 5.74) is 2.07. The van der Waals surface area contributed by atoms with E-state index in [-0.39, 0.29) is 24.0 Å². The van der Waals surface area contributed by atoms with Crippen LogP contribution in [-0.2, 0) is 17.9 Å². The van der Waals surface area contributed by atoms with E-state index in [9.17, 15) is 0 Å². The van der Waals surface area contributed by atoms with Crippen molar-refractivity contribution >= 4 is 29.9 Å². The molecule has 0 amide bonds. The lowest BCUT2D eigenvalue weighted by molar-refractivity contribution is 0.195. The molecule has 7 heteroatoms. The van der Waals surface area contributed by atoms with Crippen LogP contribution in [0.1, 0.15) is 17.7 Å². The zero-order chi connectivity index (χ0) is 17.7. The fourth-order valence-corrected chi connectivity index (χ4v) is 2.17. The molecule has 26 heavy (non-hydrogen) atoms. The second kappa shape index (κ2) is 13.3. The Kier molecular flexibility index (Phi) is 11.4. The Morgan fingerprint density at radius 1 is 1.12 bits per heavy atom. The molecule has 2 rings (SSSR count). The van der Waals surface area contributed by atoms with Gasteiger partial charge >= 0.3 is 0 Å². The molecule has 6 nitrogen and oxygen atoms in total. The van der Waals surface area contributed by atoms with E-state index in [1.165, 1.54) is 0 Å². The zero-order valence-electron chi connectivity index (χ0n) is 15.3. The van der Waals surface area contributed by atoms with Crippen molar-refractivity contribution in [2.45, 2.75) is 19.6 Å². The molecule has 0 saturated heterocycles. The average Bonchev–Trinajstić information content (AvgIpc) is 2.67. The van der Waals surface area contributed by atoms with E-state index < -0.39 is 0 Å². The second-order valence-corrected chi connectivity index (χ2v) is 5.45. The van der Waals surface area contributed by atoms with Crippen molar-refractivity contribution in [3.05, 3.63) is 59.9 Å². The molecular weight excluding hydrogens is 443 g/mol. The smallest absolute Gasteiger partial charge is 0.191 e. The van der Waals surface area contributed by atoms with Crippen LogP contribution >= 0.6 is 24.0 Å². The summed E-state index contributed by atoms with van der Waals surface area (Å²) in [6, 6.07) is 13.8. The molecule has 142 valence electrons. The van der Waals surface area contributed by atoms with Gasteiger partial charge in [-0.2, -0.15) is 0 Å². The third-order valence-corrected chi connectivity index (χ3v) is 3.54. The first-order valence-electron chi connectivity index (χ1n) is 8.37. The Morgan fingerprint density at radius 3 is 2.58 bits per heavy atom. The average molecular weight is 470 g/mol. The monoisotopic (exact) mass is 470 g/mol. The summed E-state index contributed by atoms with van der Waals surface area (Å²) < 4.78 is 10.8. The van der Waals surface area contributed by atoms with Crippen molar-refractivity contribution in [2.75, 3.05) is 27.3 Å². The maximum atomic E-state index is 5.74. The standard InChI is InChI=1S/C19H26N4O2.HI/c1-20-19(22-12-5-13-24-2)23-14-16-7-9-18(10-8-16)25-15-17-6-3-4-11-21-17;/h3-4,6-11H,5,12-15H2,1-2H3,(H2,20,22,23);1H. The Morgan fingerprint density at radius 2 is 1.92 bits per heavy atom. The molecule has 0 radical (unpaired) electrons. The van der Waals surface area contributed by atoms with Crippen LogP contribution in [0.3, 0.4) is 0 Å². The highest BCUT2D eigenvalue weighted by Gasteiger charge is 2.00. The number of aliphatic imine (C=N–C) groups is 1. The first kappa shape index (κ1) is 22.2. The lowest BCUT2D eigenvalue weighted by Crippen LogP contribution is -2.37. The summed E-state index contributed by atoms with van der Waals surface area (Å²) >= 11 is 0. The van der Waals surface area contributed by atoms with E-state index in [2.05, 4.69) is 20.6 Å². The molecule has 0 aliphatic rings. The minimum absolute atomic E-state index is 0. The minimum atomic E-state index is 0. The molecule has 1 aromatic heterocycles. The predicted molar refractivity (Wildman–Crippen MR) is 115 cm³/mol. The van der Waals surface area contributed by atoms with Crippen molar-refractivity contribution in [1.82, 2.24) is 15.6 Å². The fraction of sp³-hybridized carbons (Fsp3) is 0.368. The third kappa shape index (κ3) is 8.48. The Bertz CT molecular complexity index is 636. The number of hydrogen-bond donors (Lipinski definition) is 2. The summed E-state index contributed by atoms with van der Waals surface area (Å²) in [6.45, 7) is 2.73. The van der Waals surface area contributed by atoms with Crippen LogP contribution < -0.4 is 15.4 Å². The van der Waals surface area contributed by atoms with E-state index >= 15 is 0 Å². The molecule has 0 fully saturated rings. The van der Waals surface area contributed by atoms with Gasteiger partial charge in [0.05, 0.1) is 5.69 Å². The van der Waals surface area contributed by atoms with Gasteiger partial charge < -0.3 is 20.1 Å². The molecule has 0 saturated carbocycles. The molecule has 0 aliphatic heterocycles. The van der Waals surface area contributed by atoms with Gasteiger partial charge in [0.25, 0.3) is 0 Å². The number of pyridine rings is 1. The molecule has 0 unspecified atom stereocenters. The summed E-state index contributed by atoms with van der Waals surface area (Å²) in [6.07, 6.45) is 2.71. The number of guanidine groups is 1. The number of ether oxygens (including phenoxy) is 2. The van der Waals surface area contributed by atoms with Crippen molar-refractivity contribution < 1.29 is 9.47 Å². The largest absolute Gasteiger partial charge is 0.487 e. The van der Waals surface area contributed by atoms with Gasteiger partial charge in [0.1, 0.15) is 12.4 Å². The zero-order valence-corrected chi connectivity index (χ0v) is 17.6. The van der Waals surface area contributed by atoms with Gasteiger partial charge in [0, 0.05) is 40.1 Å². The minimum Gasteiger partial charge on any atom is -0.487 e. The van der Waals surface area contributed by atoms with E-state index in [4.69, 9.17) is 9.47 Å². The summed E-state index contributed by atoms with van der Waals surface area (Å²) in [5, 5.41) is 6.54. The lowest BCUT2D eigenvalue weighted by Gasteiger charge is -2.12.